The van der Waals surface area contributed by atoms with Gasteiger partial charge in [-0.15, -0.1) is 0 Å². The third-order valence-electron chi connectivity index (χ3n) is 2.46. The number of nitrogens with one attached hydrogen (secondary N) is 1. The highest BCUT2D eigenvalue weighted by molar-refractivity contribution is 9.10. The van der Waals surface area contributed by atoms with E-state index in [0.717, 1.165) is 17.6 Å². The van der Waals surface area contributed by atoms with E-state index in [2.05, 4.69) is 52.4 Å². The number of nitrogens with zero attached hydrogens (tertiary/aromatic N) is 1. The van der Waals surface area contributed by atoms with Crippen LogP contribution in [0.15, 0.2) is 28.7 Å². The minimum atomic E-state index is 0.244. The van der Waals surface area contributed by atoms with Crippen molar-refractivity contribution in [3.8, 4) is 0 Å². The van der Waals surface area contributed by atoms with Gasteiger partial charge in [-0.2, -0.15) is 0 Å². The van der Waals surface area contributed by atoms with E-state index in [9.17, 15) is 0 Å². The molecule has 0 aliphatic rings. The highest BCUT2D eigenvalue weighted by Crippen LogP contribution is 2.15. The fraction of sp³-hybridized carbons (Fsp3) is 0.500. The van der Waals surface area contributed by atoms with Crippen LogP contribution in [0.25, 0.3) is 0 Å². The van der Waals surface area contributed by atoms with Crippen molar-refractivity contribution in [3.63, 3.8) is 0 Å². The van der Waals surface area contributed by atoms with Gasteiger partial charge in [-0.25, -0.2) is 0 Å². The summed E-state index contributed by atoms with van der Waals surface area (Å²) in [4.78, 5) is 2.15. The third kappa shape index (κ3) is 4.61. The molecule has 0 saturated heterocycles. The predicted octanol–water partition coefficient (Wildman–Crippen LogP) is 1.60. The fourth-order valence-electron chi connectivity index (χ4n) is 1.49. The molecular weight excluding hydrogens is 266 g/mol. The second-order valence-electron chi connectivity index (χ2n) is 4.10. The Hall–Kier alpha value is -0.420. The van der Waals surface area contributed by atoms with Crippen LogP contribution in [0.1, 0.15) is 11.6 Å². The van der Waals surface area contributed by atoms with Crippen molar-refractivity contribution in [1.29, 1.82) is 0 Å². The van der Waals surface area contributed by atoms with E-state index in [1.54, 1.807) is 0 Å². The summed E-state index contributed by atoms with van der Waals surface area (Å²) >= 11 is 3.43. The summed E-state index contributed by atoms with van der Waals surface area (Å²) in [5.41, 5.74) is 7.01. The van der Waals surface area contributed by atoms with Crippen LogP contribution in [0.3, 0.4) is 0 Å². The van der Waals surface area contributed by atoms with Crippen LogP contribution in [0.2, 0.25) is 0 Å². The molecule has 0 aliphatic heterocycles. The summed E-state index contributed by atoms with van der Waals surface area (Å²) in [6, 6.07) is 8.54. The Morgan fingerprint density at radius 2 is 1.94 bits per heavy atom. The molecule has 3 N–H and O–H groups in total. The number of likely N-dealkylation sites (N-methyl/N-ethyl adjacent to an activating group) is 1. The highest BCUT2D eigenvalue weighted by atomic mass is 79.9. The van der Waals surface area contributed by atoms with Gasteiger partial charge in [0, 0.05) is 30.1 Å². The van der Waals surface area contributed by atoms with E-state index < -0.39 is 0 Å². The standard InChI is InChI=1S/C12H20BrN3/c1-16(2)8-7-15-12(9-14)10-3-5-11(13)6-4-10/h3-6,12,15H,7-9,14H2,1-2H3. The van der Waals surface area contributed by atoms with E-state index in [1.807, 2.05) is 12.1 Å². The second-order valence-corrected chi connectivity index (χ2v) is 5.01. The molecule has 0 bridgehead atoms. The van der Waals surface area contributed by atoms with Crippen molar-refractivity contribution >= 4 is 15.9 Å². The number of rotatable bonds is 6. The van der Waals surface area contributed by atoms with Gasteiger partial charge in [0.2, 0.25) is 0 Å². The molecule has 0 heterocycles. The zero-order valence-electron chi connectivity index (χ0n) is 9.91. The Kier molecular flexibility index (Phi) is 5.98. The van der Waals surface area contributed by atoms with Gasteiger partial charge in [-0.05, 0) is 31.8 Å². The van der Waals surface area contributed by atoms with Crippen LogP contribution in [-0.2, 0) is 0 Å². The number of halogens is 1. The molecule has 90 valence electrons. The third-order valence-corrected chi connectivity index (χ3v) is 2.99. The van der Waals surface area contributed by atoms with Crippen molar-refractivity contribution in [1.82, 2.24) is 10.2 Å². The predicted molar refractivity (Wildman–Crippen MR) is 72.5 cm³/mol. The first-order chi connectivity index (χ1) is 7.63. The quantitative estimate of drug-likeness (QED) is 0.834. The molecule has 0 amide bonds. The van der Waals surface area contributed by atoms with Crippen molar-refractivity contribution < 1.29 is 0 Å². The Balaban J connectivity index is 2.50. The molecule has 1 aromatic carbocycles. The molecule has 1 aromatic rings. The van der Waals surface area contributed by atoms with Crippen LogP contribution in [0, 0.1) is 0 Å². The Bertz CT molecular complexity index is 298. The van der Waals surface area contributed by atoms with Crippen LogP contribution in [-0.4, -0.2) is 38.6 Å². The Morgan fingerprint density at radius 3 is 2.44 bits per heavy atom. The molecule has 0 fully saturated rings. The number of hydrogen-bond donors (Lipinski definition) is 2. The average Bonchev–Trinajstić information content (AvgIpc) is 2.26. The lowest BCUT2D eigenvalue weighted by Crippen LogP contribution is -2.33. The van der Waals surface area contributed by atoms with Gasteiger partial charge in [0.25, 0.3) is 0 Å². The van der Waals surface area contributed by atoms with Crippen molar-refractivity contribution in [2.45, 2.75) is 6.04 Å². The molecular formula is C12H20BrN3. The Labute approximate surface area is 106 Å². The molecule has 1 atom stereocenters. The van der Waals surface area contributed by atoms with Gasteiger partial charge in [-0.1, -0.05) is 28.1 Å². The van der Waals surface area contributed by atoms with E-state index in [0.29, 0.717) is 6.54 Å². The van der Waals surface area contributed by atoms with Gasteiger partial charge in [-0.3, -0.25) is 0 Å². The lowest BCUT2D eigenvalue weighted by molar-refractivity contribution is 0.385. The van der Waals surface area contributed by atoms with Crippen molar-refractivity contribution in [2.75, 3.05) is 33.7 Å². The fourth-order valence-corrected chi connectivity index (χ4v) is 1.76. The summed E-state index contributed by atoms with van der Waals surface area (Å²) in [6.07, 6.45) is 0. The van der Waals surface area contributed by atoms with Gasteiger partial charge in [0.05, 0.1) is 0 Å². The summed E-state index contributed by atoms with van der Waals surface area (Å²) in [7, 11) is 4.14. The second kappa shape index (κ2) is 7.01. The van der Waals surface area contributed by atoms with E-state index in [1.165, 1.54) is 5.56 Å². The molecule has 1 rings (SSSR count). The van der Waals surface area contributed by atoms with Crippen LogP contribution in [0.4, 0.5) is 0 Å². The number of nitrogens with two attached hydrogens (primary N) is 1. The monoisotopic (exact) mass is 285 g/mol. The zero-order chi connectivity index (χ0) is 12.0. The maximum absolute atomic E-state index is 5.77. The highest BCUT2D eigenvalue weighted by Gasteiger charge is 2.08. The van der Waals surface area contributed by atoms with Crippen LogP contribution < -0.4 is 11.1 Å². The lowest BCUT2D eigenvalue weighted by atomic mass is 10.1. The SMILES string of the molecule is CN(C)CCNC(CN)c1ccc(Br)cc1. The van der Waals surface area contributed by atoms with Gasteiger partial charge >= 0.3 is 0 Å². The van der Waals surface area contributed by atoms with E-state index in [-0.39, 0.29) is 6.04 Å². The molecule has 0 radical (unpaired) electrons. The summed E-state index contributed by atoms with van der Waals surface area (Å²) in [6.45, 7) is 2.59. The smallest absolute Gasteiger partial charge is 0.0444 e. The molecule has 0 saturated carbocycles. The maximum Gasteiger partial charge on any atom is 0.0444 e. The molecule has 0 aromatic heterocycles. The average molecular weight is 286 g/mol. The van der Waals surface area contributed by atoms with Gasteiger partial charge in [0.15, 0.2) is 0 Å². The Morgan fingerprint density at radius 1 is 1.31 bits per heavy atom. The largest absolute Gasteiger partial charge is 0.329 e. The summed E-state index contributed by atoms with van der Waals surface area (Å²) < 4.78 is 1.10. The minimum absolute atomic E-state index is 0.244. The first kappa shape index (κ1) is 13.6. The van der Waals surface area contributed by atoms with Crippen molar-refractivity contribution in [3.05, 3.63) is 34.3 Å². The maximum atomic E-state index is 5.77. The van der Waals surface area contributed by atoms with E-state index >= 15 is 0 Å². The van der Waals surface area contributed by atoms with Gasteiger partial charge in [0.1, 0.15) is 0 Å². The molecule has 0 spiro atoms. The number of benzene rings is 1. The minimum Gasteiger partial charge on any atom is -0.329 e. The summed E-state index contributed by atoms with van der Waals surface area (Å²) in [5.74, 6) is 0. The molecule has 16 heavy (non-hydrogen) atoms. The normalized spacial score (nSPS) is 13.1. The topological polar surface area (TPSA) is 41.3 Å². The summed E-state index contributed by atoms with van der Waals surface area (Å²) in [5, 5.41) is 3.45. The molecule has 3 nitrogen and oxygen atoms in total. The molecule has 1 unspecified atom stereocenters. The number of hydrogen-bond acceptors (Lipinski definition) is 3. The lowest BCUT2D eigenvalue weighted by Gasteiger charge is -2.19. The zero-order valence-corrected chi connectivity index (χ0v) is 11.5. The van der Waals surface area contributed by atoms with E-state index in [4.69, 9.17) is 5.73 Å². The van der Waals surface area contributed by atoms with Crippen LogP contribution >= 0.6 is 15.9 Å². The molecule has 4 heteroatoms. The van der Waals surface area contributed by atoms with Crippen LogP contribution in [0.5, 0.6) is 0 Å². The first-order valence-corrected chi connectivity index (χ1v) is 6.26. The van der Waals surface area contributed by atoms with Gasteiger partial charge < -0.3 is 16.0 Å². The molecule has 0 aliphatic carbocycles. The van der Waals surface area contributed by atoms with Crippen molar-refractivity contribution in [2.24, 2.45) is 5.73 Å². The first-order valence-electron chi connectivity index (χ1n) is 5.47.